The molecule has 6 heteroatoms. The van der Waals surface area contributed by atoms with E-state index in [1.807, 2.05) is 23.1 Å². The molecule has 0 aliphatic carbocycles. The van der Waals surface area contributed by atoms with Crippen LogP contribution in [-0.4, -0.2) is 32.8 Å². The number of nitrogens with zero attached hydrogens (tertiary/aromatic N) is 4. The van der Waals surface area contributed by atoms with Crippen LogP contribution in [0.3, 0.4) is 0 Å². The summed E-state index contributed by atoms with van der Waals surface area (Å²) in [5.41, 5.74) is 7.40. The molecule has 94 valence electrons. The molecular weight excluding hydrogens is 228 g/mol. The number of nitrogens with one attached hydrogen (secondary N) is 1. The van der Waals surface area contributed by atoms with Gasteiger partial charge in [0.25, 0.3) is 0 Å². The molecule has 3 rings (SSSR count). The van der Waals surface area contributed by atoms with Crippen molar-refractivity contribution in [2.45, 2.75) is 18.9 Å². The summed E-state index contributed by atoms with van der Waals surface area (Å²) in [6, 6.07) is 2.33. The van der Waals surface area contributed by atoms with Crippen molar-refractivity contribution in [3.05, 3.63) is 24.7 Å². The third kappa shape index (κ3) is 2.19. The second-order valence-electron chi connectivity index (χ2n) is 4.49. The van der Waals surface area contributed by atoms with Gasteiger partial charge in [-0.05, 0) is 32.0 Å². The second-order valence-corrected chi connectivity index (χ2v) is 4.49. The molecule has 3 N–H and O–H groups in total. The Balaban J connectivity index is 1.84. The summed E-state index contributed by atoms with van der Waals surface area (Å²) in [4.78, 5) is 8.10. The molecular formula is C12H16N6. The van der Waals surface area contributed by atoms with Gasteiger partial charge in [0.1, 0.15) is 0 Å². The van der Waals surface area contributed by atoms with E-state index >= 15 is 0 Å². The Labute approximate surface area is 105 Å². The molecule has 0 atom stereocenters. The van der Waals surface area contributed by atoms with Gasteiger partial charge in [0.2, 0.25) is 5.95 Å². The largest absolute Gasteiger partial charge is 0.368 e. The number of piperidine rings is 1. The van der Waals surface area contributed by atoms with Crippen LogP contribution in [0.5, 0.6) is 0 Å². The lowest BCUT2D eigenvalue weighted by atomic mass is 10.1. The zero-order chi connectivity index (χ0) is 12.4. The number of hydrogen-bond donors (Lipinski definition) is 2. The van der Waals surface area contributed by atoms with Gasteiger partial charge in [-0.15, -0.1) is 0 Å². The fourth-order valence-corrected chi connectivity index (χ4v) is 2.28. The van der Waals surface area contributed by atoms with Gasteiger partial charge in [-0.25, -0.2) is 9.97 Å². The van der Waals surface area contributed by atoms with Gasteiger partial charge in [-0.1, -0.05) is 0 Å². The average Bonchev–Trinajstić information content (AvgIpc) is 2.89. The van der Waals surface area contributed by atoms with Gasteiger partial charge in [-0.3, -0.25) is 4.68 Å². The van der Waals surface area contributed by atoms with E-state index in [0.29, 0.717) is 12.0 Å². The SMILES string of the molecule is Nc1nccc(-c2cnn(C3CCNCC3)c2)n1. The first-order chi connectivity index (χ1) is 8.83. The van der Waals surface area contributed by atoms with E-state index in [2.05, 4.69) is 20.4 Å². The van der Waals surface area contributed by atoms with Crippen molar-refractivity contribution in [3.8, 4) is 11.3 Å². The molecule has 0 radical (unpaired) electrons. The van der Waals surface area contributed by atoms with Crippen molar-refractivity contribution < 1.29 is 0 Å². The summed E-state index contributed by atoms with van der Waals surface area (Å²) in [5, 5.41) is 7.79. The first-order valence-corrected chi connectivity index (χ1v) is 6.17. The third-order valence-corrected chi connectivity index (χ3v) is 3.25. The minimum atomic E-state index is 0.294. The molecule has 1 saturated heterocycles. The quantitative estimate of drug-likeness (QED) is 0.818. The van der Waals surface area contributed by atoms with Crippen LogP contribution in [0.25, 0.3) is 11.3 Å². The maximum absolute atomic E-state index is 5.59. The Morgan fingerprint density at radius 2 is 2.17 bits per heavy atom. The summed E-state index contributed by atoms with van der Waals surface area (Å²) < 4.78 is 2.04. The number of aromatic nitrogens is 4. The summed E-state index contributed by atoms with van der Waals surface area (Å²) in [7, 11) is 0. The van der Waals surface area contributed by atoms with Gasteiger partial charge >= 0.3 is 0 Å². The molecule has 3 heterocycles. The number of hydrogen-bond acceptors (Lipinski definition) is 5. The number of rotatable bonds is 2. The molecule has 0 unspecified atom stereocenters. The van der Waals surface area contributed by atoms with Crippen molar-refractivity contribution >= 4 is 5.95 Å². The molecule has 0 saturated carbocycles. The lowest BCUT2D eigenvalue weighted by Gasteiger charge is -2.22. The Bertz CT molecular complexity index is 529. The van der Waals surface area contributed by atoms with Gasteiger partial charge in [-0.2, -0.15) is 5.10 Å². The summed E-state index contributed by atoms with van der Waals surface area (Å²) in [6.45, 7) is 2.11. The highest BCUT2D eigenvalue weighted by Crippen LogP contribution is 2.22. The van der Waals surface area contributed by atoms with Crippen LogP contribution in [0.2, 0.25) is 0 Å². The fourth-order valence-electron chi connectivity index (χ4n) is 2.28. The van der Waals surface area contributed by atoms with Crippen LogP contribution in [0.15, 0.2) is 24.7 Å². The molecule has 0 amide bonds. The van der Waals surface area contributed by atoms with Crippen molar-refractivity contribution in [3.63, 3.8) is 0 Å². The van der Waals surface area contributed by atoms with Gasteiger partial charge in [0.15, 0.2) is 0 Å². The average molecular weight is 244 g/mol. The van der Waals surface area contributed by atoms with Crippen molar-refractivity contribution in [1.82, 2.24) is 25.1 Å². The lowest BCUT2D eigenvalue weighted by molar-refractivity contribution is 0.343. The summed E-state index contributed by atoms with van der Waals surface area (Å²) in [6.07, 6.45) is 7.78. The van der Waals surface area contributed by atoms with Crippen LogP contribution in [0.4, 0.5) is 5.95 Å². The van der Waals surface area contributed by atoms with Crippen molar-refractivity contribution in [2.24, 2.45) is 0 Å². The molecule has 2 aromatic rings. The van der Waals surface area contributed by atoms with E-state index in [4.69, 9.17) is 5.73 Å². The smallest absolute Gasteiger partial charge is 0.220 e. The highest BCUT2D eigenvalue weighted by atomic mass is 15.3. The molecule has 6 nitrogen and oxygen atoms in total. The number of anilines is 1. The Morgan fingerprint density at radius 3 is 2.94 bits per heavy atom. The Morgan fingerprint density at radius 1 is 1.33 bits per heavy atom. The van der Waals surface area contributed by atoms with Crippen LogP contribution in [0.1, 0.15) is 18.9 Å². The first-order valence-electron chi connectivity index (χ1n) is 6.17. The van der Waals surface area contributed by atoms with E-state index < -0.39 is 0 Å². The highest BCUT2D eigenvalue weighted by molar-refractivity contribution is 5.57. The minimum Gasteiger partial charge on any atom is -0.368 e. The Kier molecular flexibility index (Phi) is 2.93. The Hall–Kier alpha value is -1.95. The standard InChI is InChI=1S/C12H16N6/c13-12-15-6-3-11(17-12)9-7-16-18(8-9)10-1-4-14-5-2-10/h3,6-8,10,14H,1-2,4-5H2,(H2,13,15,17). The molecule has 0 spiro atoms. The van der Waals surface area contributed by atoms with E-state index in [0.717, 1.165) is 37.2 Å². The predicted molar refractivity (Wildman–Crippen MR) is 68.8 cm³/mol. The molecule has 0 bridgehead atoms. The van der Waals surface area contributed by atoms with Crippen LogP contribution < -0.4 is 11.1 Å². The topological polar surface area (TPSA) is 81.6 Å². The van der Waals surface area contributed by atoms with E-state index in [-0.39, 0.29) is 0 Å². The van der Waals surface area contributed by atoms with Crippen molar-refractivity contribution in [1.29, 1.82) is 0 Å². The highest BCUT2D eigenvalue weighted by Gasteiger charge is 2.16. The van der Waals surface area contributed by atoms with Crippen molar-refractivity contribution in [2.75, 3.05) is 18.8 Å². The van der Waals surface area contributed by atoms with Gasteiger partial charge < -0.3 is 11.1 Å². The predicted octanol–water partition coefficient (Wildman–Crippen LogP) is 0.847. The molecule has 1 fully saturated rings. The molecule has 18 heavy (non-hydrogen) atoms. The molecule has 0 aromatic carbocycles. The third-order valence-electron chi connectivity index (χ3n) is 3.25. The molecule has 1 aliphatic rings. The summed E-state index contributed by atoms with van der Waals surface area (Å²) >= 11 is 0. The monoisotopic (exact) mass is 244 g/mol. The fraction of sp³-hybridized carbons (Fsp3) is 0.417. The van der Waals surface area contributed by atoms with Crippen LogP contribution in [-0.2, 0) is 0 Å². The zero-order valence-electron chi connectivity index (χ0n) is 10.1. The zero-order valence-corrected chi connectivity index (χ0v) is 10.1. The van der Waals surface area contributed by atoms with E-state index in [1.54, 1.807) is 6.20 Å². The second kappa shape index (κ2) is 4.73. The number of nitrogens with two attached hydrogens (primary N) is 1. The maximum atomic E-state index is 5.59. The number of nitrogen functional groups attached to an aromatic ring is 1. The van der Waals surface area contributed by atoms with E-state index in [9.17, 15) is 0 Å². The van der Waals surface area contributed by atoms with Crippen LogP contribution >= 0.6 is 0 Å². The summed E-state index contributed by atoms with van der Waals surface area (Å²) in [5.74, 6) is 0.294. The lowest BCUT2D eigenvalue weighted by Crippen LogP contribution is -2.29. The minimum absolute atomic E-state index is 0.294. The normalized spacial score (nSPS) is 16.9. The maximum Gasteiger partial charge on any atom is 0.220 e. The van der Waals surface area contributed by atoms with E-state index in [1.165, 1.54) is 0 Å². The van der Waals surface area contributed by atoms with Crippen LogP contribution in [0, 0.1) is 0 Å². The first kappa shape index (κ1) is 11.2. The van der Waals surface area contributed by atoms with Gasteiger partial charge in [0, 0.05) is 18.0 Å². The van der Waals surface area contributed by atoms with Gasteiger partial charge in [0.05, 0.1) is 17.9 Å². The molecule has 1 aliphatic heterocycles. The molecule has 2 aromatic heterocycles.